The molecule has 1 N–H and O–H groups in total. The Hall–Kier alpha value is -2.07. The van der Waals surface area contributed by atoms with Crippen molar-refractivity contribution in [2.45, 2.75) is 51.7 Å². The van der Waals surface area contributed by atoms with Crippen LogP contribution in [0, 0.1) is 6.92 Å². The lowest BCUT2D eigenvalue weighted by Crippen LogP contribution is -2.35. The average Bonchev–Trinajstić information content (AvgIpc) is 3.24. The summed E-state index contributed by atoms with van der Waals surface area (Å²) in [6.07, 6.45) is 0.525. The lowest BCUT2D eigenvalue weighted by molar-refractivity contribution is 0.111. The Morgan fingerprint density at radius 1 is 1.32 bits per heavy atom. The van der Waals surface area contributed by atoms with Crippen molar-refractivity contribution < 1.29 is 13.9 Å². The second kappa shape index (κ2) is 6.68. The second-order valence-corrected chi connectivity index (χ2v) is 7.99. The summed E-state index contributed by atoms with van der Waals surface area (Å²) in [6, 6.07) is -0.599. The Balaban J connectivity index is 1.76. The zero-order valence-corrected chi connectivity index (χ0v) is 15.8. The fourth-order valence-corrected chi connectivity index (χ4v) is 3.40. The molecule has 1 saturated heterocycles. The Kier molecular flexibility index (Phi) is 4.74. The third-order valence-corrected chi connectivity index (χ3v) is 5.23. The van der Waals surface area contributed by atoms with Crippen molar-refractivity contribution in [3.05, 3.63) is 16.8 Å². The van der Waals surface area contributed by atoms with Gasteiger partial charge in [0, 0.05) is 32.4 Å². The van der Waals surface area contributed by atoms with Gasteiger partial charge in [-0.05, 0) is 0 Å². The van der Waals surface area contributed by atoms with Crippen LogP contribution in [-0.2, 0) is 10.2 Å². The van der Waals surface area contributed by atoms with Crippen LogP contribution in [0.15, 0.2) is 4.42 Å². The topological polar surface area (TPSA) is 106 Å². The molecule has 25 heavy (non-hydrogen) atoms. The quantitative estimate of drug-likeness (QED) is 0.889. The van der Waals surface area contributed by atoms with Crippen LogP contribution in [0.5, 0.6) is 0 Å². The standard InChI is InChI=1S/C15H22N6O3S/c1-8-17-18-11(24-8)10-6-9(23-5)7-21(10)14(22)16-13-20-19-12(25-13)15(2,3)4/h9-10H,6-7H2,1-5H3,(H,16,20,22)/t9-,10+/m0/s1. The molecule has 0 aliphatic carbocycles. The number of aromatic nitrogens is 4. The second-order valence-electron chi connectivity index (χ2n) is 7.01. The van der Waals surface area contributed by atoms with E-state index in [9.17, 15) is 4.79 Å². The van der Waals surface area contributed by atoms with Gasteiger partial charge in [-0.3, -0.25) is 5.32 Å². The van der Waals surface area contributed by atoms with Crippen LogP contribution in [0.2, 0.25) is 0 Å². The highest BCUT2D eigenvalue weighted by Gasteiger charge is 2.39. The van der Waals surface area contributed by atoms with Crippen molar-refractivity contribution >= 4 is 22.5 Å². The molecule has 0 bridgehead atoms. The molecular formula is C15H22N6O3S. The molecule has 0 aromatic carbocycles. The summed E-state index contributed by atoms with van der Waals surface area (Å²) in [5.74, 6) is 0.884. The van der Waals surface area contributed by atoms with Crippen LogP contribution < -0.4 is 5.32 Å². The number of nitrogens with zero attached hydrogens (tertiary/aromatic N) is 5. The van der Waals surface area contributed by atoms with Gasteiger partial charge in [0.1, 0.15) is 11.0 Å². The van der Waals surface area contributed by atoms with Gasteiger partial charge in [0.25, 0.3) is 0 Å². The van der Waals surface area contributed by atoms with Crippen LogP contribution in [0.1, 0.15) is 50.0 Å². The number of hydrogen-bond acceptors (Lipinski definition) is 8. The summed E-state index contributed by atoms with van der Waals surface area (Å²) in [5.41, 5.74) is -0.112. The van der Waals surface area contributed by atoms with Crippen molar-refractivity contribution in [3.63, 3.8) is 0 Å². The smallest absolute Gasteiger partial charge is 0.324 e. The molecular weight excluding hydrogens is 344 g/mol. The summed E-state index contributed by atoms with van der Waals surface area (Å²) in [5, 5.41) is 20.3. The summed E-state index contributed by atoms with van der Waals surface area (Å²) >= 11 is 1.37. The molecule has 9 nitrogen and oxygen atoms in total. The van der Waals surface area contributed by atoms with Crippen LogP contribution in [-0.4, -0.2) is 51.1 Å². The Labute approximate surface area is 149 Å². The maximum Gasteiger partial charge on any atom is 0.324 e. The highest BCUT2D eigenvalue weighted by atomic mass is 32.1. The number of nitrogens with one attached hydrogen (secondary N) is 1. The molecule has 0 spiro atoms. The number of hydrogen-bond donors (Lipinski definition) is 1. The van der Waals surface area contributed by atoms with Gasteiger partial charge in [-0.15, -0.1) is 20.4 Å². The minimum absolute atomic E-state index is 0.0810. The predicted molar refractivity (Wildman–Crippen MR) is 91.5 cm³/mol. The third kappa shape index (κ3) is 3.79. The molecule has 3 heterocycles. The summed E-state index contributed by atoms with van der Waals surface area (Å²) in [4.78, 5) is 14.4. The van der Waals surface area contributed by atoms with E-state index in [0.717, 1.165) is 5.01 Å². The minimum atomic E-state index is -0.318. The Morgan fingerprint density at radius 2 is 2.08 bits per heavy atom. The SMILES string of the molecule is CO[C@H]1C[C@H](c2nnc(C)o2)N(C(=O)Nc2nnc(C(C)(C)C)s2)C1. The molecule has 0 saturated carbocycles. The summed E-state index contributed by atoms with van der Waals surface area (Å²) in [7, 11) is 1.63. The van der Waals surface area contributed by atoms with E-state index in [2.05, 4.69) is 46.5 Å². The number of carbonyl (C=O) groups excluding carboxylic acids is 1. The van der Waals surface area contributed by atoms with Gasteiger partial charge in [0.05, 0.1) is 6.10 Å². The maximum absolute atomic E-state index is 12.7. The van der Waals surface area contributed by atoms with Crippen LogP contribution in [0.3, 0.4) is 0 Å². The zero-order valence-electron chi connectivity index (χ0n) is 14.9. The van der Waals surface area contributed by atoms with Crippen LogP contribution in [0.4, 0.5) is 9.93 Å². The number of ether oxygens (including phenoxy) is 1. The lowest BCUT2D eigenvalue weighted by atomic mass is 9.98. The molecule has 3 rings (SSSR count). The monoisotopic (exact) mass is 366 g/mol. The van der Waals surface area contributed by atoms with Crippen LogP contribution >= 0.6 is 11.3 Å². The first-order valence-corrected chi connectivity index (χ1v) is 8.84. The van der Waals surface area contributed by atoms with Crippen molar-refractivity contribution in [2.24, 2.45) is 0 Å². The Bertz CT molecular complexity index is 753. The van der Waals surface area contributed by atoms with Gasteiger partial charge in [-0.2, -0.15) is 0 Å². The molecule has 10 heteroatoms. The molecule has 1 aliphatic heterocycles. The predicted octanol–water partition coefficient (Wildman–Crippen LogP) is 2.52. The van der Waals surface area contributed by atoms with Gasteiger partial charge in [0.2, 0.25) is 16.9 Å². The molecule has 2 aromatic rings. The van der Waals surface area contributed by atoms with E-state index in [1.165, 1.54) is 11.3 Å². The molecule has 1 fully saturated rings. The number of amides is 2. The number of anilines is 1. The molecule has 2 atom stereocenters. The first-order chi connectivity index (χ1) is 11.8. The molecule has 136 valence electrons. The summed E-state index contributed by atoms with van der Waals surface area (Å²) in [6.45, 7) is 8.32. The van der Waals surface area contributed by atoms with E-state index < -0.39 is 0 Å². The lowest BCUT2D eigenvalue weighted by Gasteiger charge is -2.21. The number of methoxy groups -OCH3 is 1. The van der Waals surface area contributed by atoms with Crippen molar-refractivity contribution in [1.29, 1.82) is 0 Å². The molecule has 1 aliphatic rings. The number of urea groups is 1. The maximum atomic E-state index is 12.7. The van der Waals surface area contributed by atoms with Crippen molar-refractivity contribution in [1.82, 2.24) is 25.3 Å². The normalized spacial score (nSPS) is 20.9. The highest BCUT2D eigenvalue weighted by molar-refractivity contribution is 7.15. The van der Waals surface area contributed by atoms with E-state index >= 15 is 0 Å². The zero-order chi connectivity index (χ0) is 18.2. The van der Waals surface area contributed by atoms with Gasteiger partial charge in [-0.25, -0.2) is 4.79 Å². The molecule has 0 radical (unpaired) electrons. The van der Waals surface area contributed by atoms with Gasteiger partial charge >= 0.3 is 6.03 Å². The molecule has 2 amide bonds. The fourth-order valence-electron chi connectivity index (χ4n) is 2.61. The van der Waals surface area contributed by atoms with Crippen LogP contribution in [0.25, 0.3) is 0 Å². The average molecular weight is 366 g/mol. The van der Waals surface area contributed by atoms with Gasteiger partial charge < -0.3 is 14.1 Å². The van der Waals surface area contributed by atoms with E-state index in [4.69, 9.17) is 9.15 Å². The first-order valence-electron chi connectivity index (χ1n) is 8.02. The van der Waals surface area contributed by atoms with E-state index in [1.807, 2.05) is 0 Å². The number of aryl methyl sites for hydroxylation is 1. The van der Waals surface area contributed by atoms with Crippen molar-refractivity contribution in [2.75, 3.05) is 19.0 Å². The number of rotatable bonds is 3. The number of carbonyl (C=O) groups is 1. The van der Waals surface area contributed by atoms with E-state index in [-0.39, 0.29) is 23.6 Å². The minimum Gasteiger partial charge on any atom is -0.423 e. The molecule has 2 aromatic heterocycles. The molecule has 0 unspecified atom stereocenters. The summed E-state index contributed by atoms with van der Waals surface area (Å²) < 4.78 is 10.9. The van der Waals surface area contributed by atoms with E-state index in [0.29, 0.717) is 29.9 Å². The first kappa shape index (κ1) is 17.7. The fraction of sp³-hybridized carbons (Fsp3) is 0.667. The highest BCUT2D eigenvalue weighted by Crippen LogP contribution is 2.34. The third-order valence-electron chi connectivity index (χ3n) is 3.96. The number of likely N-dealkylation sites (tertiary alicyclic amines) is 1. The largest absolute Gasteiger partial charge is 0.423 e. The van der Waals surface area contributed by atoms with Crippen molar-refractivity contribution in [3.8, 4) is 0 Å². The van der Waals surface area contributed by atoms with Gasteiger partial charge in [0.15, 0.2) is 0 Å². The van der Waals surface area contributed by atoms with E-state index in [1.54, 1.807) is 18.9 Å². The van der Waals surface area contributed by atoms with Gasteiger partial charge in [-0.1, -0.05) is 32.1 Å². The Morgan fingerprint density at radius 3 is 2.64 bits per heavy atom.